The smallest absolute Gasteiger partial charge is 0.241 e. The molecular formula is C11H21N5O2. The molecule has 0 bridgehead atoms. The summed E-state index contributed by atoms with van der Waals surface area (Å²) in [6.45, 7) is 2.73. The number of likely N-dealkylation sites (N-methyl/N-ethyl adjacent to an activating group) is 1. The molecule has 1 rings (SSSR count). The van der Waals surface area contributed by atoms with Gasteiger partial charge in [-0.3, -0.25) is 9.48 Å². The largest absolute Gasteiger partial charge is 0.396 e. The second-order valence-corrected chi connectivity index (χ2v) is 4.24. The highest BCUT2D eigenvalue weighted by Gasteiger charge is 2.02. The van der Waals surface area contributed by atoms with Crippen molar-refractivity contribution >= 4 is 11.6 Å². The average Bonchev–Trinajstić information content (AvgIpc) is 2.68. The number of aromatic nitrogens is 2. The molecule has 0 aliphatic rings. The first-order valence-electron chi connectivity index (χ1n) is 5.85. The van der Waals surface area contributed by atoms with Gasteiger partial charge in [-0.15, -0.1) is 0 Å². The van der Waals surface area contributed by atoms with E-state index in [1.165, 1.54) is 10.9 Å². The van der Waals surface area contributed by atoms with Crippen LogP contribution < -0.4 is 11.1 Å². The Morgan fingerprint density at radius 1 is 1.56 bits per heavy atom. The average molecular weight is 255 g/mol. The lowest BCUT2D eigenvalue weighted by Crippen LogP contribution is -2.31. The summed E-state index contributed by atoms with van der Waals surface area (Å²) in [7, 11) is 3.97. The lowest BCUT2D eigenvalue weighted by atomic mass is 10.5. The van der Waals surface area contributed by atoms with Crippen LogP contribution in [0.1, 0.15) is 0 Å². The number of amides is 1. The van der Waals surface area contributed by atoms with E-state index < -0.39 is 0 Å². The maximum atomic E-state index is 11.5. The van der Waals surface area contributed by atoms with Gasteiger partial charge >= 0.3 is 0 Å². The molecule has 0 atom stereocenters. The third kappa shape index (κ3) is 6.21. The molecule has 1 aromatic heterocycles. The maximum absolute atomic E-state index is 11.5. The maximum Gasteiger partial charge on any atom is 0.241 e. The van der Waals surface area contributed by atoms with E-state index in [-0.39, 0.29) is 12.5 Å². The number of anilines is 1. The van der Waals surface area contributed by atoms with Crippen LogP contribution in [0.3, 0.4) is 0 Å². The Kier molecular flexibility index (Phi) is 6.16. The highest BCUT2D eigenvalue weighted by molar-refractivity contribution is 5.75. The molecule has 102 valence electrons. The van der Waals surface area contributed by atoms with E-state index in [0.29, 0.717) is 25.4 Å². The summed E-state index contributed by atoms with van der Waals surface area (Å²) >= 11 is 0. The molecule has 0 unspecified atom stereocenters. The predicted octanol–water partition coefficient (Wildman–Crippen LogP) is -0.840. The van der Waals surface area contributed by atoms with E-state index in [4.69, 9.17) is 10.5 Å². The Morgan fingerprint density at radius 2 is 2.33 bits per heavy atom. The number of nitrogens with one attached hydrogen (secondary N) is 1. The summed E-state index contributed by atoms with van der Waals surface area (Å²) in [5.74, 6) is -0.102. The quantitative estimate of drug-likeness (QED) is 0.592. The minimum absolute atomic E-state index is 0.102. The van der Waals surface area contributed by atoms with E-state index in [9.17, 15) is 4.79 Å². The van der Waals surface area contributed by atoms with Crippen molar-refractivity contribution in [2.45, 2.75) is 6.54 Å². The number of carbonyl (C=O) groups is 1. The number of nitrogens with two attached hydrogens (primary N) is 1. The van der Waals surface area contributed by atoms with Crippen LogP contribution in [0.25, 0.3) is 0 Å². The highest BCUT2D eigenvalue weighted by atomic mass is 16.5. The van der Waals surface area contributed by atoms with Gasteiger partial charge in [-0.2, -0.15) is 5.10 Å². The zero-order valence-electron chi connectivity index (χ0n) is 10.9. The first kappa shape index (κ1) is 14.5. The zero-order chi connectivity index (χ0) is 13.4. The molecule has 0 fully saturated rings. The van der Waals surface area contributed by atoms with E-state index >= 15 is 0 Å². The van der Waals surface area contributed by atoms with Crippen LogP contribution in [0, 0.1) is 0 Å². The Hall–Kier alpha value is -1.60. The van der Waals surface area contributed by atoms with Gasteiger partial charge in [0.1, 0.15) is 6.54 Å². The van der Waals surface area contributed by atoms with Gasteiger partial charge in [0.05, 0.1) is 25.1 Å². The zero-order valence-corrected chi connectivity index (χ0v) is 10.9. The fraction of sp³-hybridized carbons (Fsp3) is 0.636. The lowest BCUT2D eigenvalue weighted by Gasteiger charge is -2.10. The highest BCUT2D eigenvalue weighted by Crippen LogP contribution is 1.96. The van der Waals surface area contributed by atoms with Crippen molar-refractivity contribution in [3.05, 3.63) is 12.4 Å². The molecule has 0 radical (unpaired) electrons. The normalized spacial score (nSPS) is 10.8. The number of carbonyl (C=O) groups excluding carboxylic acids is 1. The van der Waals surface area contributed by atoms with Crippen LogP contribution in [0.2, 0.25) is 0 Å². The van der Waals surface area contributed by atoms with Crippen molar-refractivity contribution in [3.8, 4) is 0 Å². The minimum atomic E-state index is -0.102. The van der Waals surface area contributed by atoms with Crippen molar-refractivity contribution in [2.24, 2.45) is 0 Å². The standard InChI is InChI=1S/C11H21N5O2/c1-15(2)4-6-18-5-3-13-11(17)9-16-8-10(12)7-14-16/h7-8H,3-6,9,12H2,1-2H3,(H,13,17). The number of ether oxygens (including phenoxy) is 1. The fourth-order valence-electron chi connectivity index (χ4n) is 1.28. The molecule has 3 N–H and O–H groups in total. The fourth-order valence-corrected chi connectivity index (χ4v) is 1.28. The molecule has 1 amide bonds. The Balaban J connectivity index is 2.03. The van der Waals surface area contributed by atoms with Crippen molar-refractivity contribution in [1.82, 2.24) is 20.0 Å². The van der Waals surface area contributed by atoms with Crippen LogP contribution in [-0.4, -0.2) is 61.0 Å². The lowest BCUT2D eigenvalue weighted by molar-refractivity contribution is -0.122. The first-order valence-corrected chi connectivity index (χ1v) is 5.85. The second kappa shape index (κ2) is 7.67. The molecule has 1 aromatic rings. The van der Waals surface area contributed by atoms with E-state index in [1.807, 2.05) is 19.0 Å². The second-order valence-electron chi connectivity index (χ2n) is 4.24. The first-order chi connectivity index (χ1) is 8.58. The van der Waals surface area contributed by atoms with Gasteiger partial charge in [0.15, 0.2) is 0 Å². The summed E-state index contributed by atoms with van der Waals surface area (Å²) in [4.78, 5) is 13.5. The molecule has 0 aliphatic carbocycles. The van der Waals surface area contributed by atoms with Gasteiger partial charge < -0.3 is 20.7 Å². The summed E-state index contributed by atoms with van der Waals surface area (Å²) in [5, 5.41) is 6.68. The van der Waals surface area contributed by atoms with Crippen molar-refractivity contribution in [2.75, 3.05) is 46.1 Å². The number of hydrogen-bond donors (Lipinski definition) is 2. The third-order valence-electron chi connectivity index (χ3n) is 2.21. The van der Waals surface area contributed by atoms with Crippen molar-refractivity contribution in [3.63, 3.8) is 0 Å². The molecule has 7 nitrogen and oxygen atoms in total. The summed E-state index contributed by atoms with van der Waals surface area (Å²) < 4.78 is 6.85. The molecule has 0 aromatic carbocycles. The van der Waals surface area contributed by atoms with Gasteiger partial charge in [0.25, 0.3) is 0 Å². The van der Waals surface area contributed by atoms with Crippen molar-refractivity contribution in [1.29, 1.82) is 0 Å². The predicted molar refractivity (Wildman–Crippen MR) is 69.0 cm³/mol. The number of nitrogen functional groups attached to an aromatic ring is 1. The molecule has 0 saturated carbocycles. The van der Waals surface area contributed by atoms with Crippen molar-refractivity contribution < 1.29 is 9.53 Å². The topological polar surface area (TPSA) is 85.4 Å². The van der Waals surface area contributed by atoms with Crippen LogP contribution >= 0.6 is 0 Å². The van der Waals surface area contributed by atoms with Crippen LogP contribution in [-0.2, 0) is 16.1 Å². The molecule has 0 saturated heterocycles. The van der Waals surface area contributed by atoms with Crippen LogP contribution in [0.4, 0.5) is 5.69 Å². The van der Waals surface area contributed by atoms with Gasteiger partial charge in [-0.25, -0.2) is 0 Å². The number of nitrogens with zero attached hydrogens (tertiary/aromatic N) is 3. The van der Waals surface area contributed by atoms with Crippen LogP contribution in [0.5, 0.6) is 0 Å². The minimum Gasteiger partial charge on any atom is -0.396 e. The molecule has 18 heavy (non-hydrogen) atoms. The summed E-state index contributed by atoms with van der Waals surface area (Å²) in [6, 6.07) is 0. The monoisotopic (exact) mass is 255 g/mol. The number of hydrogen-bond acceptors (Lipinski definition) is 5. The van der Waals surface area contributed by atoms with Gasteiger partial charge in [-0.05, 0) is 14.1 Å². The molecular weight excluding hydrogens is 234 g/mol. The number of rotatable bonds is 8. The molecule has 7 heteroatoms. The summed E-state index contributed by atoms with van der Waals surface area (Å²) in [5.41, 5.74) is 6.05. The Morgan fingerprint density at radius 3 is 2.94 bits per heavy atom. The Bertz CT molecular complexity index is 364. The SMILES string of the molecule is CN(C)CCOCCNC(=O)Cn1cc(N)cn1. The van der Waals surface area contributed by atoms with Crippen LogP contribution in [0.15, 0.2) is 12.4 Å². The third-order valence-corrected chi connectivity index (χ3v) is 2.21. The van der Waals surface area contributed by atoms with E-state index in [1.54, 1.807) is 6.20 Å². The summed E-state index contributed by atoms with van der Waals surface area (Å²) in [6.07, 6.45) is 3.13. The molecule has 1 heterocycles. The molecule has 0 aliphatic heterocycles. The Labute approximate surface area is 107 Å². The van der Waals surface area contributed by atoms with Gasteiger partial charge in [0.2, 0.25) is 5.91 Å². The van der Waals surface area contributed by atoms with E-state index in [0.717, 1.165) is 6.54 Å². The van der Waals surface area contributed by atoms with Gasteiger partial charge in [-0.1, -0.05) is 0 Å². The van der Waals surface area contributed by atoms with E-state index in [2.05, 4.69) is 10.4 Å². The van der Waals surface area contributed by atoms with Gasteiger partial charge in [0, 0.05) is 19.3 Å². The molecule has 0 spiro atoms.